The maximum atomic E-state index is 10.1. The van der Waals surface area contributed by atoms with Gasteiger partial charge in [-0.25, -0.2) is 4.79 Å². The van der Waals surface area contributed by atoms with Gasteiger partial charge < -0.3 is 14.9 Å². The first-order valence-electron chi connectivity index (χ1n) is 18.4. The first-order chi connectivity index (χ1) is 23.7. The third-order valence-corrected chi connectivity index (χ3v) is 9.83. The summed E-state index contributed by atoms with van der Waals surface area (Å²) >= 11 is 0. The smallest absolute Gasteiger partial charge is 0.292 e. The topological polar surface area (TPSA) is 103 Å². The predicted octanol–water partition coefficient (Wildman–Crippen LogP) is 11.0. The highest BCUT2D eigenvalue weighted by molar-refractivity contribution is 5.49. The van der Waals surface area contributed by atoms with E-state index >= 15 is 0 Å². The van der Waals surface area contributed by atoms with E-state index in [0.717, 1.165) is 56.1 Å². The molecule has 0 aliphatic rings. The summed E-state index contributed by atoms with van der Waals surface area (Å²) in [4.78, 5) is 13.6. The number of ether oxygens (including phenoxy) is 1. The number of nitriles is 1. The van der Waals surface area contributed by atoms with Crippen LogP contribution in [-0.4, -0.2) is 29.5 Å². The van der Waals surface area contributed by atoms with E-state index in [1.165, 1.54) is 22.8 Å². The van der Waals surface area contributed by atoms with Crippen LogP contribution in [0.25, 0.3) is 0 Å². The van der Waals surface area contributed by atoms with Gasteiger partial charge in [-0.1, -0.05) is 119 Å². The van der Waals surface area contributed by atoms with Gasteiger partial charge in [0.25, 0.3) is 6.26 Å². The van der Waals surface area contributed by atoms with Gasteiger partial charge in [0.2, 0.25) is 6.08 Å². The molecule has 2 N–H and O–H groups in total. The number of aliphatic hydroxyl groups is 2. The minimum Gasteiger partial charge on any atom is -0.396 e. The molecule has 278 valence electrons. The van der Waals surface area contributed by atoms with Gasteiger partial charge in [-0.2, -0.15) is 4.99 Å². The van der Waals surface area contributed by atoms with Gasteiger partial charge in [0, 0.05) is 13.2 Å². The Morgan fingerprint density at radius 3 is 1.43 bits per heavy atom. The van der Waals surface area contributed by atoms with Crippen molar-refractivity contribution in [1.82, 2.24) is 0 Å². The Balaban J connectivity index is 0.000000400. The largest absolute Gasteiger partial charge is 0.396 e. The molecule has 0 amide bonds. The molecule has 3 rings (SSSR count). The van der Waals surface area contributed by atoms with Crippen LogP contribution in [0.4, 0.5) is 5.69 Å². The third-order valence-electron chi connectivity index (χ3n) is 9.83. The Morgan fingerprint density at radius 1 is 0.647 bits per heavy atom. The first kappa shape index (κ1) is 43.4. The number of hydrogen-bond acceptors (Lipinski definition) is 6. The lowest BCUT2D eigenvalue weighted by molar-refractivity contribution is 0.199. The quantitative estimate of drug-likeness (QED) is 0.0881. The summed E-state index contributed by atoms with van der Waals surface area (Å²) in [6, 6.07) is 22.0. The van der Waals surface area contributed by atoms with Crippen molar-refractivity contribution in [2.24, 2.45) is 15.8 Å². The van der Waals surface area contributed by atoms with Gasteiger partial charge >= 0.3 is 0 Å². The van der Waals surface area contributed by atoms with Crippen LogP contribution in [0, 0.1) is 22.3 Å². The Bertz CT molecular complexity index is 1550. The molecule has 0 unspecified atom stereocenters. The Kier molecular flexibility index (Phi) is 15.9. The number of benzene rings is 3. The van der Waals surface area contributed by atoms with E-state index in [-0.39, 0.29) is 40.3 Å². The van der Waals surface area contributed by atoms with Crippen molar-refractivity contribution < 1.29 is 19.7 Å². The normalized spacial score (nSPS) is 12.3. The highest BCUT2D eigenvalue weighted by Crippen LogP contribution is 2.44. The van der Waals surface area contributed by atoms with E-state index in [1.807, 2.05) is 24.3 Å². The van der Waals surface area contributed by atoms with Gasteiger partial charge in [-0.15, -0.1) is 5.26 Å². The number of rotatable bonds is 16. The summed E-state index contributed by atoms with van der Waals surface area (Å²) in [7, 11) is 0. The van der Waals surface area contributed by atoms with Crippen molar-refractivity contribution in [2.75, 3.05) is 13.2 Å². The molecule has 0 heterocycles. The van der Waals surface area contributed by atoms with Gasteiger partial charge in [0.1, 0.15) is 5.75 Å². The Labute approximate surface area is 309 Å². The van der Waals surface area contributed by atoms with Crippen LogP contribution in [0.15, 0.2) is 71.7 Å². The molecule has 3 aromatic carbocycles. The second-order valence-corrected chi connectivity index (χ2v) is 18.0. The van der Waals surface area contributed by atoms with E-state index in [2.05, 4.69) is 99.4 Å². The van der Waals surface area contributed by atoms with Crippen LogP contribution in [0.3, 0.4) is 0 Å². The summed E-state index contributed by atoms with van der Waals surface area (Å²) < 4.78 is 4.71. The van der Waals surface area contributed by atoms with Crippen molar-refractivity contribution in [3.05, 3.63) is 94.5 Å². The SMILES string of the molecule is CC(C)(CCCO)CC(C)(C)c1cc(C(C)(C)C)cc(C(C)(C)CC(C)(C)CCCO)c1.N#COc1ccc(Cc2ccc(N=C=O)cc2)cc1. The van der Waals surface area contributed by atoms with Crippen LogP contribution in [0.1, 0.15) is 143 Å². The lowest BCUT2D eigenvalue weighted by atomic mass is 9.65. The van der Waals surface area contributed by atoms with Gasteiger partial charge in [-0.3, -0.25) is 0 Å². The molecular formula is C45H64N2O4. The molecule has 0 aliphatic heterocycles. The van der Waals surface area contributed by atoms with Gasteiger partial charge in [0.15, 0.2) is 0 Å². The van der Waals surface area contributed by atoms with E-state index in [4.69, 9.17) is 10.00 Å². The summed E-state index contributed by atoms with van der Waals surface area (Å²) in [5.41, 5.74) is 7.65. The Hall–Kier alpha value is -3.75. The summed E-state index contributed by atoms with van der Waals surface area (Å²) in [6.07, 6.45) is 9.91. The lowest BCUT2D eigenvalue weighted by Gasteiger charge is -2.39. The molecular weight excluding hydrogens is 633 g/mol. The van der Waals surface area contributed by atoms with E-state index in [1.54, 1.807) is 30.5 Å². The monoisotopic (exact) mass is 696 g/mol. The molecule has 0 radical (unpaired) electrons. The minimum atomic E-state index is 0.0530. The van der Waals surface area contributed by atoms with Crippen molar-refractivity contribution in [2.45, 2.75) is 137 Å². The number of aliphatic imine (C=N–C) groups is 1. The number of isocyanates is 1. The molecule has 0 saturated carbocycles. The molecule has 0 fully saturated rings. The van der Waals surface area contributed by atoms with Crippen LogP contribution in [-0.2, 0) is 27.5 Å². The fraction of sp³-hybridized carbons (Fsp3) is 0.556. The standard InChI is InChI=1S/C30H54O2.C15H10N2O2/c1-26(2,3)23-18-24(29(8,9)21-27(4,5)14-12-16-31)20-25(19-23)30(10,11)22-28(6,7)15-13-17-32;16-10-19-15-7-3-13(4-8-15)9-12-1-5-14(6-2-12)17-11-18/h18-20,31-32H,12-17,21-22H2,1-11H3;1-8H,9H2. The van der Waals surface area contributed by atoms with E-state index in [9.17, 15) is 15.0 Å². The summed E-state index contributed by atoms with van der Waals surface area (Å²) in [5.74, 6) is 0.530. The molecule has 3 aromatic rings. The molecule has 0 aliphatic carbocycles. The predicted molar refractivity (Wildman–Crippen MR) is 210 cm³/mol. The molecule has 0 aromatic heterocycles. The zero-order chi connectivity index (χ0) is 38.5. The number of carbonyl (C=O) groups excluding carboxylic acids is 1. The highest BCUT2D eigenvalue weighted by atomic mass is 16.5. The lowest BCUT2D eigenvalue weighted by Crippen LogP contribution is -2.30. The van der Waals surface area contributed by atoms with Crippen LogP contribution < -0.4 is 4.74 Å². The number of aliphatic hydroxyl groups excluding tert-OH is 2. The molecule has 0 spiro atoms. The van der Waals surface area contributed by atoms with Crippen molar-refractivity contribution >= 4 is 11.8 Å². The Morgan fingerprint density at radius 2 is 1.06 bits per heavy atom. The first-order valence-corrected chi connectivity index (χ1v) is 18.4. The highest BCUT2D eigenvalue weighted by Gasteiger charge is 2.35. The molecule has 6 nitrogen and oxygen atoms in total. The zero-order valence-corrected chi connectivity index (χ0v) is 33.3. The van der Waals surface area contributed by atoms with Gasteiger partial charge in [0.05, 0.1) is 5.69 Å². The maximum Gasteiger partial charge on any atom is 0.292 e. The fourth-order valence-electron chi connectivity index (χ4n) is 7.44. The van der Waals surface area contributed by atoms with Crippen molar-refractivity contribution in [3.63, 3.8) is 0 Å². The van der Waals surface area contributed by atoms with Crippen LogP contribution >= 0.6 is 0 Å². The number of hydrogen-bond donors (Lipinski definition) is 2. The van der Waals surface area contributed by atoms with E-state index in [0.29, 0.717) is 11.4 Å². The van der Waals surface area contributed by atoms with E-state index < -0.39 is 0 Å². The number of nitrogens with zero attached hydrogens (tertiary/aromatic N) is 2. The summed E-state index contributed by atoms with van der Waals surface area (Å²) in [6.45, 7) is 26.4. The van der Waals surface area contributed by atoms with Crippen LogP contribution in [0.2, 0.25) is 0 Å². The fourth-order valence-corrected chi connectivity index (χ4v) is 7.44. The second kappa shape index (κ2) is 18.7. The van der Waals surface area contributed by atoms with Crippen molar-refractivity contribution in [1.29, 1.82) is 5.26 Å². The average Bonchev–Trinajstić information content (AvgIpc) is 3.04. The molecule has 0 bridgehead atoms. The zero-order valence-electron chi connectivity index (χ0n) is 33.3. The second-order valence-electron chi connectivity index (χ2n) is 18.0. The third kappa shape index (κ3) is 14.8. The molecule has 0 atom stereocenters. The molecule has 51 heavy (non-hydrogen) atoms. The van der Waals surface area contributed by atoms with Gasteiger partial charge in [-0.05, 0) is 124 Å². The van der Waals surface area contributed by atoms with Crippen LogP contribution in [0.5, 0.6) is 5.75 Å². The van der Waals surface area contributed by atoms with Crippen molar-refractivity contribution in [3.8, 4) is 12.0 Å². The summed E-state index contributed by atoms with van der Waals surface area (Å²) in [5, 5.41) is 27.0. The average molecular weight is 697 g/mol. The molecule has 0 saturated heterocycles. The molecule has 6 heteroatoms. The minimum absolute atomic E-state index is 0.0530. The maximum absolute atomic E-state index is 10.1.